The van der Waals surface area contributed by atoms with Gasteiger partial charge in [-0.15, -0.1) is 4.65 Å². The van der Waals surface area contributed by atoms with E-state index in [9.17, 15) is 9.59 Å². The number of esters is 2. The van der Waals surface area contributed by atoms with Gasteiger partial charge >= 0.3 is 11.9 Å². The summed E-state index contributed by atoms with van der Waals surface area (Å²) in [6, 6.07) is 0. The van der Waals surface area contributed by atoms with Crippen LogP contribution >= 0.6 is 0 Å². The summed E-state index contributed by atoms with van der Waals surface area (Å²) in [6.45, 7) is 10.6. The molecular weight excluding hydrogens is 610 g/mol. The highest BCUT2D eigenvalue weighted by Crippen LogP contribution is 2.22. The number of nitrogens with zero attached hydrogens (tertiary/aromatic N) is 1. The van der Waals surface area contributed by atoms with Gasteiger partial charge in [0, 0.05) is 26.7 Å². The minimum Gasteiger partial charge on any atom is -0.409 e. The number of hydrogen-bond donors (Lipinski definition) is 0. The van der Waals surface area contributed by atoms with Gasteiger partial charge in [0.05, 0.1) is 0 Å². The minimum atomic E-state index is -0.572. The maximum Gasteiger partial charge on any atom is 0.310 e. The molecule has 6 nitrogen and oxygen atoms in total. The molecule has 6 heteroatoms. The molecule has 2 unspecified atom stereocenters. The van der Waals surface area contributed by atoms with Crippen LogP contribution in [0, 0.1) is 0 Å². The van der Waals surface area contributed by atoms with Crippen molar-refractivity contribution in [3.63, 3.8) is 0 Å². The van der Waals surface area contributed by atoms with E-state index in [0.717, 1.165) is 25.7 Å². The van der Waals surface area contributed by atoms with E-state index in [1.807, 2.05) is 27.8 Å². The van der Waals surface area contributed by atoms with Crippen molar-refractivity contribution in [2.75, 3.05) is 13.7 Å². The quantitative estimate of drug-likeness (QED) is 0.0211. The third-order valence-electron chi connectivity index (χ3n) is 10.4. The lowest BCUT2D eigenvalue weighted by atomic mass is 10.0. The van der Waals surface area contributed by atoms with Gasteiger partial charge in [-0.2, -0.15) is 4.84 Å². The van der Waals surface area contributed by atoms with Crippen LogP contribution in [0.1, 0.15) is 240 Å². The third-order valence-corrected chi connectivity index (χ3v) is 10.4. The summed E-state index contributed by atoms with van der Waals surface area (Å²) in [4.78, 5) is 31.3. The summed E-state index contributed by atoms with van der Waals surface area (Å²) < 4.78 is 11.5. The van der Waals surface area contributed by atoms with Gasteiger partial charge < -0.3 is 9.47 Å². The van der Waals surface area contributed by atoms with E-state index < -0.39 is 12.5 Å². The van der Waals surface area contributed by atoms with Crippen LogP contribution < -0.4 is 0 Å². The summed E-state index contributed by atoms with van der Waals surface area (Å²) in [5.41, 5.74) is 0. The average Bonchev–Trinajstić information content (AvgIpc) is 3.08. The van der Waals surface area contributed by atoms with Crippen LogP contribution in [0.3, 0.4) is 0 Å². The van der Waals surface area contributed by atoms with E-state index in [1.165, 1.54) is 167 Å². The Morgan fingerprint density at radius 2 is 0.633 bits per heavy atom. The predicted molar refractivity (Wildman–Crippen MR) is 208 cm³/mol. The SMILES string of the molecule is CCCCCCCCCCCCCCCCCC(=O)OC(C)[N+](C)(OCC)C(C)OC(=O)CCCCCCCCCCCCCCCCC. The number of rotatable bonds is 38. The first kappa shape index (κ1) is 47.9. The maximum absolute atomic E-state index is 12.7. The molecule has 0 aromatic rings. The smallest absolute Gasteiger partial charge is 0.310 e. The zero-order valence-electron chi connectivity index (χ0n) is 34.0. The molecule has 0 amide bonds. The van der Waals surface area contributed by atoms with Crippen LogP contribution in [0.15, 0.2) is 0 Å². The molecule has 0 aliphatic rings. The highest BCUT2D eigenvalue weighted by atomic mass is 16.8. The van der Waals surface area contributed by atoms with Crippen LogP contribution in [0.5, 0.6) is 0 Å². The molecule has 0 aliphatic carbocycles. The number of unbranched alkanes of at least 4 members (excludes halogenated alkanes) is 28. The number of ether oxygens (including phenoxy) is 2. The van der Waals surface area contributed by atoms with Gasteiger partial charge in [-0.1, -0.05) is 194 Å². The summed E-state index contributed by atoms with van der Waals surface area (Å²) in [5, 5.41) is 0. The molecular formula is C43H86NO5+. The lowest BCUT2D eigenvalue weighted by molar-refractivity contribution is -1.15. The van der Waals surface area contributed by atoms with E-state index in [2.05, 4.69) is 13.8 Å². The molecule has 0 spiro atoms. The Bertz CT molecular complexity index is 675. The van der Waals surface area contributed by atoms with Gasteiger partial charge in [0.2, 0.25) is 0 Å². The molecule has 0 N–H and O–H groups in total. The first-order valence-corrected chi connectivity index (χ1v) is 21.7. The fraction of sp³-hybridized carbons (Fsp3) is 0.953. The number of quaternary nitrogens is 1. The first-order chi connectivity index (χ1) is 23.8. The summed E-state index contributed by atoms with van der Waals surface area (Å²) in [5.74, 6) is -0.412. The minimum absolute atomic E-state index is 0.0916. The Kier molecular flexibility index (Phi) is 34.5. The Labute approximate surface area is 306 Å². The monoisotopic (exact) mass is 697 g/mol. The molecule has 0 fully saturated rings. The highest BCUT2D eigenvalue weighted by molar-refractivity contribution is 5.69. The van der Waals surface area contributed by atoms with Gasteiger partial charge in [0.15, 0.2) is 0 Å². The summed E-state index contributed by atoms with van der Waals surface area (Å²) in [7, 11) is 1.83. The molecule has 49 heavy (non-hydrogen) atoms. The lowest BCUT2D eigenvalue weighted by Crippen LogP contribution is -2.59. The molecule has 0 saturated heterocycles. The van der Waals surface area contributed by atoms with Crippen molar-refractivity contribution in [3.8, 4) is 0 Å². The lowest BCUT2D eigenvalue weighted by Gasteiger charge is -2.39. The van der Waals surface area contributed by atoms with Crippen molar-refractivity contribution in [1.82, 2.24) is 0 Å². The number of hydrogen-bond acceptors (Lipinski definition) is 5. The van der Waals surface area contributed by atoms with Crippen molar-refractivity contribution >= 4 is 11.9 Å². The van der Waals surface area contributed by atoms with Crippen LogP contribution in [0.4, 0.5) is 0 Å². The molecule has 0 aromatic carbocycles. The Morgan fingerprint density at radius 1 is 0.408 bits per heavy atom. The van der Waals surface area contributed by atoms with Gasteiger partial charge in [-0.3, -0.25) is 9.59 Å². The highest BCUT2D eigenvalue weighted by Gasteiger charge is 2.42. The van der Waals surface area contributed by atoms with Crippen molar-refractivity contribution in [2.45, 2.75) is 253 Å². The molecule has 2 atom stereocenters. The summed E-state index contributed by atoms with van der Waals surface area (Å²) >= 11 is 0. The largest absolute Gasteiger partial charge is 0.409 e. The zero-order chi connectivity index (χ0) is 36.3. The molecule has 0 saturated carbocycles. The number of hydroxylamine groups is 3. The Hall–Kier alpha value is -1.14. The molecule has 292 valence electrons. The number of carbonyl (C=O) groups is 2. The molecule has 0 radical (unpaired) electrons. The van der Waals surface area contributed by atoms with Gasteiger partial charge in [0.1, 0.15) is 13.7 Å². The van der Waals surface area contributed by atoms with Crippen molar-refractivity contribution in [3.05, 3.63) is 0 Å². The Morgan fingerprint density at radius 3 is 0.857 bits per heavy atom. The second kappa shape index (κ2) is 35.3. The fourth-order valence-corrected chi connectivity index (χ4v) is 6.77. The van der Waals surface area contributed by atoms with E-state index in [0.29, 0.717) is 19.4 Å². The van der Waals surface area contributed by atoms with Gasteiger partial charge in [-0.25, -0.2) is 0 Å². The van der Waals surface area contributed by atoms with E-state index in [1.54, 1.807) is 0 Å². The first-order valence-electron chi connectivity index (χ1n) is 21.7. The van der Waals surface area contributed by atoms with Crippen molar-refractivity contribution < 1.29 is 28.5 Å². The summed E-state index contributed by atoms with van der Waals surface area (Å²) in [6.07, 6.45) is 38.7. The predicted octanol–water partition coefficient (Wildman–Crippen LogP) is 13.7. The maximum atomic E-state index is 12.7. The van der Waals surface area contributed by atoms with Gasteiger partial charge in [0.25, 0.3) is 12.5 Å². The second-order valence-corrected chi connectivity index (χ2v) is 15.1. The topological polar surface area (TPSA) is 61.8 Å². The fourth-order valence-electron chi connectivity index (χ4n) is 6.77. The van der Waals surface area contributed by atoms with E-state index >= 15 is 0 Å². The van der Waals surface area contributed by atoms with Gasteiger partial charge in [-0.05, 0) is 19.8 Å². The molecule has 0 heterocycles. The van der Waals surface area contributed by atoms with Crippen LogP contribution in [-0.2, 0) is 23.9 Å². The molecule has 0 rings (SSSR count). The van der Waals surface area contributed by atoms with E-state index in [-0.39, 0.29) is 16.6 Å². The number of carbonyl (C=O) groups excluding carboxylic acids is 2. The average molecular weight is 697 g/mol. The third kappa shape index (κ3) is 29.2. The standard InChI is InChI=1S/C43H86NO5/c1-7-10-12-14-16-18-20-22-24-26-28-30-32-34-36-38-42(45)48-40(4)44(6,47-9-3)41(5)49-43(46)39-37-35-33-31-29-27-25-23-21-19-17-15-13-11-8-2/h40-41H,7-39H2,1-6H3/q+1. The normalized spacial score (nSPS) is 14.0. The Balaban J connectivity index is 3.97. The van der Waals surface area contributed by atoms with E-state index in [4.69, 9.17) is 14.3 Å². The van der Waals surface area contributed by atoms with Crippen LogP contribution in [-0.4, -0.2) is 42.7 Å². The molecule has 0 bridgehead atoms. The van der Waals surface area contributed by atoms with Crippen LogP contribution in [0.25, 0.3) is 0 Å². The zero-order valence-corrected chi connectivity index (χ0v) is 34.0. The molecule has 0 aromatic heterocycles. The van der Waals surface area contributed by atoms with Crippen molar-refractivity contribution in [2.24, 2.45) is 0 Å². The van der Waals surface area contributed by atoms with Crippen molar-refractivity contribution in [1.29, 1.82) is 0 Å². The van der Waals surface area contributed by atoms with Crippen LogP contribution in [0.2, 0.25) is 0 Å². The molecule has 0 aliphatic heterocycles. The second-order valence-electron chi connectivity index (χ2n) is 15.1.